The summed E-state index contributed by atoms with van der Waals surface area (Å²) in [6, 6.07) is 4.44. The Kier molecular flexibility index (Phi) is 3.22. The summed E-state index contributed by atoms with van der Waals surface area (Å²) in [5, 5.41) is 0. The number of pyridine rings is 1. The van der Waals surface area contributed by atoms with Crippen molar-refractivity contribution in [1.29, 1.82) is 0 Å². The Hall–Kier alpha value is -1.13. The number of nitrogens with two attached hydrogens (primary N) is 1. The molecule has 1 fully saturated rings. The van der Waals surface area contributed by atoms with E-state index in [4.69, 9.17) is 5.73 Å². The van der Waals surface area contributed by atoms with E-state index in [1.54, 1.807) is 6.20 Å². The van der Waals surface area contributed by atoms with Crippen molar-refractivity contribution in [2.24, 2.45) is 11.7 Å². The highest BCUT2D eigenvalue weighted by Crippen LogP contribution is 2.39. The quantitative estimate of drug-likeness (QED) is 0.943. The normalized spacial score (nSPS) is 16.8. The summed E-state index contributed by atoms with van der Waals surface area (Å²) < 4.78 is 3.18. The molecule has 0 bridgehead atoms. The fraction of sp³-hybridized carbons (Fsp3) is 0.357. The average Bonchev–Trinajstić information content (AvgIpc) is 3.09. The monoisotopic (exact) mass is 305 g/mol. The molecule has 1 aliphatic rings. The molecule has 2 aromatic rings. The Morgan fingerprint density at radius 2 is 2.28 bits per heavy atom. The molecule has 1 unspecified atom stereocenters. The van der Waals surface area contributed by atoms with Gasteiger partial charge in [-0.05, 0) is 57.9 Å². The maximum Gasteiger partial charge on any atom is 0.0485 e. The zero-order chi connectivity index (χ0) is 12.5. The Labute approximate surface area is 115 Å². The first-order valence-corrected chi connectivity index (χ1v) is 7.02. The van der Waals surface area contributed by atoms with Crippen LogP contribution in [-0.2, 0) is 6.54 Å². The fourth-order valence-electron chi connectivity index (χ4n) is 2.24. The van der Waals surface area contributed by atoms with E-state index in [0.717, 1.165) is 11.0 Å². The molecule has 1 saturated carbocycles. The lowest BCUT2D eigenvalue weighted by Crippen LogP contribution is -2.11. The summed E-state index contributed by atoms with van der Waals surface area (Å²) in [7, 11) is 0. The van der Waals surface area contributed by atoms with Gasteiger partial charge in [-0.2, -0.15) is 0 Å². The molecule has 94 valence electrons. The summed E-state index contributed by atoms with van der Waals surface area (Å²) >= 11 is 3.44. The summed E-state index contributed by atoms with van der Waals surface area (Å²) in [6.07, 6.45) is 10.5. The minimum absolute atomic E-state index is 0.215. The van der Waals surface area contributed by atoms with Gasteiger partial charge in [-0.1, -0.05) is 0 Å². The van der Waals surface area contributed by atoms with Crippen LogP contribution in [0.2, 0.25) is 0 Å². The zero-order valence-corrected chi connectivity index (χ0v) is 11.7. The number of hydrogen-bond donors (Lipinski definition) is 1. The zero-order valence-electron chi connectivity index (χ0n) is 10.1. The van der Waals surface area contributed by atoms with E-state index >= 15 is 0 Å². The van der Waals surface area contributed by atoms with Crippen LogP contribution in [0.15, 0.2) is 41.4 Å². The molecule has 2 N–H and O–H groups in total. The van der Waals surface area contributed by atoms with E-state index in [1.165, 1.54) is 24.0 Å². The van der Waals surface area contributed by atoms with Gasteiger partial charge in [0, 0.05) is 41.8 Å². The number of rotatable bonds is 4. The van der Waals surface area contributed by atoms with Gasteiger partial charge >= 0.3 is 0 Å². The van der Waals surface area contributed by atoms with Crippen LogP contribution in [-0.4, -0.2) is 9.55 Å². The van der Waals surface area contributed by atoms with Crippen LogP contribution >= 0.6 is 15.9 Å². The molecule has 0 spiro atoms. The first kappa shape index (κ1) is 11.9. The molecule has 0 aromatic carbocycles. The van der Waals surface area contributed by atoms with Crippen molar-refractivity contribution in [3.8, 4) is 0 Å². The molecule has 2 heterocycles. The van der Waals surface area contributed by atoms with Crippen molar-refractivity contribution in [2.45, 2.75) is 25.4 Å². The minimum atomic E-state index is 0.215. The van der Waals surface area contributed by atoms with Crippen LogP contribution in [0.5, 0.6) is 0 Å². The van der Waals surface area contributed by atoms with Crippen LogP contribution in [0.1, 0.15) is 30.0 Å². The number of nitrogens with zero attached hydrogens (tertiary/aromatic N) is 2. The second kappa shape index (κ2) is 4.86. The molecule has 3 nitrogen and oxygen atoms in total. The van der Waals surface area contributed by atoms with Crippen LogP contribution < -0.4 is 5.73 Å². The van der Waals surface area contributed by atoms with E-state index in [0.29, 0.717) is 5.92 Å². The fourth-order valence-corrected chi connectivity index (χ4v) is 2.65. The van der Waals surface area contributed by atoms with Gasteiger partial charge in [-0.3, -0.25) is 4.98 Å². The Morgan fingerprint density at radius 3 is 3.00 bits per heavy atom. The van der Waals surface area contributed by atoms with Crippen LogP contribution in [0.4, 0.5) is 0 Å². The first-order valence-electron chi connectivity index (χ1n) is 6.23. The van der Waals surface area contributed by atoms with E-state index in [9.17, 15) is 0 Å². The minimum Gasteiger partial charge on any atom is -0.350 e. The summed E-state index contributed by atoms with van der Waals surface area (Å²) in [5.74, 6) is 0.702. The van der Waals surface area contributed by atoms with Gasteiger partial charge in [-0.15, -0.1) is 0 Å². The summed E-state index contributed by atoms with van der Waals surface area (Å²) in [5.41, 5.74) is 8.63. The number of hydrogen-bond acceptors (Lipinski definition) is 2. The third-order valence-corrected chi connectivity index (χ3v) is 3.85. The van der Waals surface area contributed by atoms with Crippen molar-refractivity contribution in [1.82, 2.24) is 9.55 Å². The molecule has 0 aliphatic heterocycles. The van der Waals surface area contributed by atoms with Crippen LogP contribution in [0.3, 0.4) is 0 Å². The first-order chi connectivity index (χ1) is 8.72. The van der Waals surface area contributed by atoms with E-state index in [-0.39, 0.29) is 6.04 Å². The van der Waals surface area contributed by atoms with Crippen molar-refractivity contribution in [3.63, 3.8) is 0 Å². The molecule has 0 saturated heterocycles. The highest BCUT2D eigenvalue weighted by atomic mass is 79.9. The van der Waals surface area contributed by atoms with Crippen molar-refractivity contribution in [3.05, 3.63) is 52.5 Å². The standard InChI is InChI=1S/C14H16BrN3/c15-13-5-10(6-17-7-13)8-18-4-3-12(9-18)14(16)11-1-2-11/h3-7,9,11,14H,1-2,8,16H2. The topological polar surface area (TPSA) is 43.8 Å². The Bertz CT molecular complexity index is 545. The third-order valence-electron chi connectivity index (χ3n) is 3.41. The van der Waals surface area contributed by atoms with Crippen LogP contribution in [0.25, 0.3) is 0 Å². The molecule has 1 aliphatic carbocycles. The maximum atomic E-state index is 6.20. The van der Waals surface area contributed by atoms with Crippen LogP contribution in [0, 0.1) is 5.92 Å². The lowest BCUT2D eigenvalue weighted by Gasteiger charge is -2.07. The predicted molar refractivity (Wildman–Crippen MR) is 75.1 cm³/mol. The third kappa shape index (κ3) is 2.65. The molecule has 18 heavy (non-hydrogen) atoms. The molecule has 0 radical (unpaired) electrons. The van der Waals surface area contributed by atoms with Gasteiger partial charge in [0.25, 0.3) is 0 Å². The highest BCUT2D eigenvalue weighted by Gasteiger charge is 2.29. The summed E-state index contributed by atoms with van der Waals surface area (Å²) in [4.78, 5) is 4.18. The molecular weight excluding hydrogens is 290 g/mol. The molecule has 4 heteroatoms. The van der Waals surface area contributed by atoms with Gasteiger partial charge in [0.05, 0.1) is 0 Å². The number of aromatic nitrogens is 2. The maximum absolute atomic E-state index is 6.20. The lowest BCUT2D eigenvalue weighted by atomic mass is 10.1. The SMILES string of the molecule is NC(c1ccn(Cc2cncc(Br)c2)c1)C1CC1. The number of halogens is 1. The predicted octanol–water partition coefficient (Wildman–Crippen LogP) is 3.10. The lowest BCUT2D eigenvalue weighted by molar-refractivity contribution is 0.631. The van der Waals surface area contributed by atoms with E-state index in [1.807, 2.05) is 6.20 Å². The van der Waals surface area contributed by atoms with Gasteiger partial charge in [-0.25, -0.2) is 0 Å². The average molecular weight is 306 g/mol. The Balaban J connectivity index is 1.73. The smallest absolute Gasteiger partial charge is 0.0485 e. The largest absolute Gasteiger partial charge is 0.350 e. The van der Waals surface area contributed by atoms with Crippen molar-refractivity contribution >= 4 is 15.9 Å². The van der Waals surface area contributed by atoms with Crippen molar-refractivity contribution in [2.75, 3.05) is 0 Å². The van der Waals surface area contributed by atoms with Gasteiger partial charge in [0.2, 0.25) is 0 Å². The molecule has 2 aromatic heterocycles. The van der Waals surface area contributed by atoms with E-state index in [2.05, 4.69) is 50.0 Å². The molecule has 1 atom stereocenters. The molecular formula is C14H16BrN3. The second-order valence-electron chi connectivity index (χ2n) is 4.99. The summed E-state index contributed by atoms with van der Waals surface area (Å²) in [6.45, 7) is 0.837. The molecule has 0 amide bonds. The van der Waals surface area contributed by atoms with Gasteiger partial charge < -0.3 is 10.3 Å². The van der Waals surface area contributed by atoms with Crippen molar-refractivity contribution < 1.29 is 0 Å². The highest BCUT2D eigenvalue weighted by molar-refractivity contribution is 9.10. The Morgan fingerprint density at radius 1 is 1.44 bits per heavy atom. The molecule has 3 rings (SSSR count). The van der Waals surface area contributed by atoms with Gasteiger partial charge in [0.1, 0.15) is 0 Å². The van der Waals surface area contributed by atoms with E-state index < -0.39 is 0 Å². The van der Waals surface area contributed by atoms with Gasteiger partial charge in [0.15, 0.2) is 0 Å². The second-order valence-corrected chi connectivity index (χ2v) is 5.91.